The highest BCUT2D eigenvalue weighted by atomic mass is 16.2. The largest absolute Gasteiger partial charge is 0.343 e. The van der Waals surface area contributed by atoms with E-state index in [1.54, 1.807) is 13.1 Å². The summed E-state index contributed by atoms with van der Waals surface area (Å²) in [5.74, 6) is 1.58. The van der Waals surface area contributed by atoms with E-state index in [0.29, 0.717) is 5.92 Å². The number of rotatable bonds is 1. The molecule has 1 amide bonds. The third-order valence-corrected chi connectivity index (χ3v) is 4.04. The maximum Gasteiger partial charge on any atom is 0.219 e. The normalized spacial score (nSPS) is 16.9. The van der Waals surface area contributed by atoms with Gasteiger partial charge in [-0.05, 0) is 19.8 Å². The van der Waals surface area contributed by atoms with E-state index in [-0.39, 0.29) is 5.91 Å². The summed E-state index contributed by atoms with van der Waals surface area (Å²) in [5, 5.41) is 0. The number of nitrogens with zero attached hydrogens (tertiary/aromatic N) is 5. The molecule has 2 aromatic rings. The number of piperidine rings is 1. The highest BCUT2D eigenvalue weighted by molar-refractivity contribution is 5.73. The van der Waals surface area contributed by atoms with Gasteiger partial charge in [-0.2, -0.15) is 0 Å². The lowest BCUT2D eigenvalue weighted by molar-refractivity contribution is -0.129. The van der Waals surface area contributed by atoms with Crippen molar-refractivity contribution in [3.05, 3.63) is 17.7 Å². The lowest BCUT2D eigenvalue weighted by Crippen LogP contribution is -2.36. The Bertz CT molecular complexity index is 655. The first kappa shape index (κ1) is 13.0. The van der Waals surface area contributed by atoms with Crippen LogP contribution in [0, 0.1) is 6.92 Å². The standard InChI is InChI=1S/C14H19N5O/c1-9-8-15-14-12(16-9)17-13(18(14)3)11-4-6-19(7-5-11)10(2)20/h8,11H,4-7H2,1-3H3. The van der Waals surface area contributed by atoms with E-state index in [4.69, 9.17) is 0 Å². The Labute approximate surface area is 117 Å². The molecule has 1 fully saturated rings. The van der Waals surface area contributed by atoms with E-state index in [0.717, 1.165) is 48.7 Å². The molecule has 6 nitrogen and oxygen atoms in total. The molecule has 3 rings (SSSR count). The Morgan fingerprint density at radius 2 is 2.00 bits per heavy atom. The van der Waals surface area contributed by atoms with Crippen molar-refractivity contribution in [3.8, 4) is 0 Å². The van der Waals surface area contributed by atoms with Gasteiger partial charge in [0.1, 0.15) is 5.82 Å². The number of aryl methyl sites for hydroxylation is 2. The number of likely N-dealkylation sites (tertiary alicyclic amines) is 1. The van der Waals surface area contributed by atoms with Crippen LogP contribution in [0.5, 0.6) is 0 Å². The summed E-state index contributed by atoms with van der Waals surface area (Å²) in [6.45, 7) is 5.17. The predicted molar refractivity (Wildman–Crippen MR) is 75.3 cm³/mol. The maximum atomic E-state index is 11.4. The topological polar surface area (TPSA) is 63.9 Å². The van der Waals surface area contributed by atoms with Gasteiger partial charge in [-0.1, -0.05) is 0 Å². The molecule has 3 heterocycles. The molecular formula is C14H19N5O. The molecule has 0 aliphatic carbocycles. The van der Waals surface area contributed by atoms with E-state index < -0.39 is 0 Å². The summed E-state index contributed by atoms with van der Waals surface area (Å²) >= 11 is 0. The fourth-order valence-corrected chi connectivity index (χ4v) is 2.88. The fourth-order valence-electron chi connectivity index (χ4n) is 2.88. The van der Waals surface area contributed by atoms with E-state index >= 15 is 0 Å². The summed E-state index contributed by atoms with van der Waals surface area (Å²) in [7, 11) is 1.99. The SMILES string of the molecule is CC(=O)N1CCC(c2nc3nc(C)cnc3n2C)CC1. The van der Waals surface area contributed by atoms with Gasteiger partial charge in [0, 0.05) is 33.0 Å². The van der Waals surface area contributed by atoms with E-state index in [9.17, 15) is 4.79 Å². The van der Waals surface area contributed by atoms with Crippen LogP contribution in [-0.4, -0.2) is 43.4 Å². The molecule has 0 N–H and O–H groups in total. The molecule has 1 saturated heterocycles. The summed E-state index contributed by atoms with van der Waals surface area (Å²) in [5.41, 5.74) is 2.43. The van der Waals surface area contributed by atoms with Gasteiger partial charge in [0.25, 0.3) is 0 Å². The minimum Gasteiger partial charge on any atom is -0.343 e. The third kappa shape index (κ3) is 2.15. The molecule has 1 aliphatic heterocycles. The molecule has 0 atom stereocenters. The minimum atomic E-state index is 0.160. The number of hydrogen-bond donors (Lipinski definition) is 0. The van der Waals surface area contributed by atoms with Crippen molar-refractivity contribution in [3.63, 3.8) is 0 Å². The summed E-state index contributed by atoms with van der Waals surface area (Å²) in [6, 6.07) is 0. The molecule has 20 heavy (non-hydrogen) atoms. The first-order chi connectivity index (χ1) is 9.56. The van der Waals surface area contributed by atoms with Crippen molar-refractivity contribution in [2.45, 2.75) is 32.6 Å². The minimum absolute atomic E-state index is 0.160. The van der Waals surface area contributed by atoms with Gasteiger partial charge in [0.15, 0.2) is 11.3 Å². The van der Waals surface area contributed by atoms with Crippen LogP contribution in [0.25, 0.3) is 11.3 Å². The highest BCUT2D eigenvalue weighted by Gasteiger charge is 2.26. The zero-order chi connectivity index (χ0) is 14.3. The molecule has 0 saturated carbocycles. The van der Waals surface area contributed by atoms with Gasteiger partial charge in [-0.25, -0.2) is 15.0 Å². The molecule has 0 unspecified atom stereocenters. The summed E-state index contributed by atoms with van der Waals surface area (Å²) < 4.78 is 2.04. The average molecular weight is 273 g/mol. The van der Waals surface area contributed by atoms with Crippen LogP contribution in [0.1, 0.15) is 37.2 Å². The van der Waals surface area contributed by atoms with Crippen LogP contribution >= 0.6 is 0 Å². The zero-order valence-electron chi connectivity index (χ0n) is 12.1. The van der Waals surface area contributed by atoms with E-state index in [1.807, 2.05) is 23.4 Å². The molecule has 0 bridgehead atoms. The molecular weight excluding hydrogens is 254 g/mol. The van der Waals surface area contributed by atoms with Crippen LogP contribution in [0.15, 0.2) is 6.20 Å². The van der Waals surface area contributed by atoms with Gasteiger partial charge in [0.2, 0.25) is 5.91 Å². The highest BCUT2D eigenvalue weighted by Crippen LogP contribution is 2.28. The van der Waals surface area contributed by atoms with Crippen molar-refractivity contribution in [1.82, 2.24) is 24.4 Å². The Hall–Kier alpha value is -1.98. The Kier molecular flexibility index (Phi) is 3.16. The van der Waals surface area contributed by atoms with Gasteiger partial charge >= 0.3 is 0 Å². The number of imidazole rings is 1. The number of carbonyl (C=O) groups is 1. The van der Waals surface area contributed by atoms with E-state index in [1.165, 1.54) is 0 Å². The number of fused-ring (bicyclic) bond motifs is 1. The van der Waals surface area contributed by atoms with Crippen LogP contribution in [0.3, 0.4) is 0 Å². The number of carbonyl (C=O) groups excluding carboxylic acids is 1. The third-order valence-electron chi connectivity index (χ3n) is 4.04. The van der Waals surface area contributed by atoms with Crippen LogP contribution < -0.4 is 0 Å². The zero-order valence-corrected chi connectivity index (χ0v) is 12.1. The number of aromatic nitrogens is 4. The average Bonchev–Trinajstić information content (AvgIpc) is 2.75. The second-order valence-corrected chi connectivity index (χ2v) is 5.47. The van der Waals surface area contributed by atoms with Crippen molar-refractivity contribution < 1.29 is 4.79 Å². The van der Waals surface area contributed by atoms with Crippen LogP contribution in [0.4, 0.5) is 0 Å². The number of amides is 1. The van der Waals surface area contributed by atoms with E-state index in [2.05, 4.69) is 15.0 Å². The molecule has 0 radical (unpaired) electrons. The predicted octanol–water partition coefficient (Wildman–Crippen LogP) is 1.40. The second-order valence-electron chi connectivity index (χ2n) is 5.47. The van der Waals surface area contributed by atoms with Crippen molar-refractivity contribution in [2.75, 3.05) is 13.1 Å². The Balaban J connectivity index is 1.88. The fraction of sp³-hybridized carbons (Fsp3) is 0.571. The second kappa shape index (κ2) is 4.85. The molecule has 0 aromatic carbocycles. The van der Waals surface area contributed by atoms with Gasteiger partial charge < -0.3 is 9.47 Å². The number of hydrogen-bond acceptors (Lipinski definition) is 4. The van der Waals surface area contributed by atoms with Crippen molar-refractivity contribution in [1.29, 1.82) is 0 Å². The Morgan fingerprint density at radius 3 is 2.65 bits per heavy atom. The van der Waals surface area contributed by atoms with Crippen LogP contribution in [-0.2, 0) is 11.8 Å². The lowest BCUT2D eigenvalue weighted by Gasteiger charge is -2.30. The smallest absolute Gasteiger partial charge is 0.219 e. The lowest BCUT2D eigenvalue weighted by atomic mass is 9.96. The molecule has 0 spiro atoms. The molecule has 1 aliphatic rings. The molecule has 6 heteroatoms. The summed E-state index contributed by atoms with van der Waals surface area (Å²) in [6.07, 6.45) is 3.68. The molecule has 2 aromatic heterocycles. The first-order valence-electron chi connectivity index (χ1n) is 6.97. The Morgan fingerprint density at radius 1 is 1.30 bits per heavy atom. The van der Waals surface area contributed by atoms with Gasteiger partial charge in [-0.3, -0.25) is 4.79 Å². The van der Waals surface area contributed by atoms with Crippen molar-refractivity contribution in [2.24, 2.45) is 7.05 Å². The van der Waals surface area contributed by atoms with Crippen molar-refractivity contribution >= 4 is 17.2 Å². The maximum absolute atomic E-state index is 11.4. The first-order valence-corrected chi connectivity index (χ1v) is 6.97. The quantitative estimate of drug-likeness (QED) is 0.788. The van der Waals surface area contributed by atoms with Gasteiger partial charge in [-0.15, -0.1) is 0 Å². The monoisotopic (exact) mass is 273 g/mol. The van der Waals surface area contributed by atoms with Gasteiger partial charge in [0.05, 0.1) is 11.9 Å². The summed E-state index contributed by atoms with van der Waals surface area (Å²) in [4.78, 5) is 26.8. The van der Waals surface area contributed by atoms with Crippen LogP contribution in [0.2, 0.25) is 0 Å². The molecule has 106 valence electrons.